The lowest BCUT2D eigenvalue weighted by Gasteiger charge is -2.56. The Kier molecular flexibility index (Phi) is 4.64. The monoisotopic (exact) mass is 444 g/mol. The SMILES string of the molecule is CC1(c2cc(NCc3ccc(F)cn3)ccc2F)N=C(N)OC2(CC(F)(F)C2)C1(F)F. The van der Waals surface area contributed by atoms with Crippen LogP contribution in [0.15, 0.2) is 41.5 Å². The highest BCUT2D eigenvalue weighted by Crippen LogP contribution is 2.62. The summed E-state index contributed by atoms with van der Waals surface area (Å²) in [6.45, 7) is 1.04. The Bertz CT molecular complexity index is 1030. The summed E-state index contributed by atoms with van der Waals surface area (Å²) in [5, 5.41) is 2.88. The molecule has 1 aliphatic heterocycles. The quantitative estimate of drug-likeness (QED) is 0.689. The predicted octanol–water partition coefficient (Wildman–Crippen LogP) is 4.34. The van der Waals surface area contributed by atoms with Crippen molar-refractivity contribution in [1.29, 1.82) is 0 Å². The summed E-state index contributed by atoms with van der Waals surface area (Å²) in [6.07, 6.45) is -1.49. The van der Waals surface area contributed by atoms with E-state index in [-0.39, 0.29) is 12.2 Å². The third kappa shape index (κ3) is 3.35. The number of benzene rings is 1. The first kappa shape index (κ1) is 21.3. The van der Waals surface area contributed by atoms with Crippen molar-refractivity contribution in [1.82, 2.24) is 4.98 Å². The average molecular weight is 444 g/mol. The summed E-state index contributed by atoms with van der Waals surface area (Å²) < 4.78 is 90.6. The van der Waals surface area contributed by atoms with Crippen molar-refractivity contribution in [3.05, 3.63) is 59.4 Å². The number of nitrogens with zero attached hydrogens (tertiary/aromatic N) is 2. The van der Waals surface area contributed by atoms with Gasteiger partial charge >= 0.3 is 5.92 Å². The lowest BCUT2D eigenvalue weighted by molar-refractivity contribution is -0.313. The second kappa shape index (κ2) is 6.76. The largest absolute Gasteiger partial charge is 0.452 e. The second-order valence-electron chi connectivity index (χ2n) is 7.92. The lowest BCUT2D eigenvalue weighted by atomic mass is 9.64. The van der Waals surface area contributed by atoms with Crippen LogP contribution >= 0.6 is 0 Å². The minimum Gasteiger partial charge on any atom is -0.452 e. The number of nitrogens with one attached hydrogen (secondary N) is 1. The van der Waals surface area contributed by atoms with Gasteiger partial charge in [0.25, 0.3) is 11.9 Å². The van der Waals surface area contributed by atoms with Crippen molar-refractivity contribution < 1.29 is 31.1 Å². The van der Waals surface area contributed by atoms with Crippen LogP contribution in [0, 0.1) is 11.6 Å². The molecule has 166 valence electrons. The number of ether oxygens (including phenoxy) is 1. The molecule has 1 saturated carbocycles. The van der Waals surface area contributed by atoms with Gasteiger partial charge in [0.05, 0.1) is 31.3 Å². The molecule has 1 aliphatic carbocycles. The molecule has 1 aromatic carbocycles. The number of aromatic nitrogens is 1. The third-order valence-corrected chi connectivity index (χ3v) is 5.66. The highest BCUT2D eigenvalue weighted by atomic mass is 19.3. The molecule has 1 aromatic heterocycles. The molecule has 2 aliphatic rings. The van der Waals surface area contributed by atoms with Crippen LogP contribution in [0.1, 0.15) is 31.0 Å². The average Bonchev–Trinajstić information content (AvgIpc) is 2.65. The van der Waals surface area contributed by atoms with E-state index >= 15 is 8.78 Å². The molecule has 11 heteroatoms. The van der Waals surface area contributed by atoms with Crippen LogP contribution in [0.3, 0.4) is 0 Å². The number of nitrogens with two attached hydrogens (primary N) is 1. The standard InChI is InChI=1S/C20H18F6N4O/c1-17(20(25,26)18(31-16(27)30-17)9-19(23,24)10-18)14-6-12(4-5-15(14)22)29-8-13-3-2-11(21)7-28-13/h2-7,29H,8-10H2,1H3,(H2,27,30). The number of hydrogen-bond acceptors (Lipinski definition) is 5. The summed E-state index contributed by atoms with van der Waals surface area (Å²) in [5.74, 6) is -8.85. The number of aliphatic imine (C=N–C) groups is 1. The first-order valence-electron chi connectivity index (χ1n) is 9.32. The van der Waals surface area contributed by atoms with Crippen LogP contribution in [0.25, 0.3) is 0 Å². The van der Waals surface area contributed by atoms with E-state index in [0.717, 1.165) is 25.3 Å². The first-order valence-corrected chi connectivity index (χ1v) is 9.32. The summed E-state index contributed by atoms with van der Waals surface area (Å²) >= 11 is 0. The van der Waals surface area contributed by atoms with Crippen molar-refractivity contribution in [3.8, 4) is 0 Å². The van der Waals surface area contributed by atoms with Crippen LogP contribution in [0.4, 0.5) is 32.0 Å². The molecule has 0 radical (unpaired) electrons. The van der Waals surface area contributed by atoms with E-state index in [1.54, 1.807) is 0 Å². The number of pyridine rings is 1. The Morgan fingerprint density at radius 3 is 2.42 bits per heavy atom. The van der Waals surface area contributed by atoms with Crippen LogP contribution in [0.2, 0.25) is 0 Å². The van der Waals surface area contributed by atoms with E-state index in [4.69, 9.17) is 10.5 Å². The molecule has 2 aromatic rings. The molecular weight excluding hydrogens is 426 g/mol. The van der Waals surface area contributed by atoms with Gasteiger partial charge in [-0.2, -0.15) is 8.78 Å². The fourth-order valence-corrected chi connectivity index (χ4v) is 4.04. The predicted molar refractivity (Wildman–Crippen MR) is 99.8 cm³/mol. The fraction of sp³-hybridized carbons (Fsp3) is 0.400. The number of amidine groups is 1. The first-order chi connectivity index (χ1) is 14.4. The van der Waals surface area contributed by atoms with Gasteiger partial charge in [-0.15, -0.1) is 0 Å². The molecule has 0 bridgehead atoms. The molecule has 0 amide bonds. The Morgan fingerprint density at radius 1 is 1.10 bits per heavy atom. The van der Waals surface area contributed by atoms with Crippen LogP contribution in [0.5, 0.6) is 0 Å². The van der Waals surface area contributed by atoms with Gasteiger partial charge in [-0.25, -0.2) is 22.6 Å². The van der Waals surface area contributed by atoms with Gasteiger partial charge in [0.2, 0.25) is 0 Å². The Labute approximate surface area is 173 Å². The molecule has 1 atom stereocenters. The van der Waals surface area contributed by atoms with Gasteiger partial charge in [0.1, 0.15) is 11.6 Å². The minimum atomic E-state index is -3.98. The molecule has 3 N–H and O–H groups in total. The topological polar surface area (TPSA) is 72.5 Å². The van der Waals surface area contributed by atoms with Crippen molar-refractivity contribution in [2.24, 2.45) is 10.7 Å². The van der Waals surface area contributed by atoms with E-state index in [1.165, 1.54) is 18.2 Å². The number of rotatable bonds is 4. The number of hydrogen-bond donors (Lipinski definition) is 2. The van der Waals surface area contributed by atoms with Gasteiger partial charge in [-0.3, -0.25) is 4.98 Å². The maximum atomic E-state index is 15.5. The smallest absolute Gasteiger partial charge is 0.316 e. The van der Waals surface area contributed by atoms with Crippen molar-refractivity contribution in [2.45, 2.75) is 49.3 Å². The zero-order valence-corrected chi connectivity index (χ0v) is 16.2. The van der Waals surface area contributed by atoms with Gasteiger partial charge in [-0.05, 0) is 37.3 Å². The Morgan fingerprint density at radius 2 is 1.81 bits per heavy atom. The van der Waals surface area contributed by atoms with Crippen molar-refractivity contribution >= 4 is 11.7 Å². The van der Waals surface area contributed by atoms with Crippen LogP contribution in [-0.4, -0.2) is 28.5 Å². The van der Waals surface area contributed by atoms with Gasteiger partial charge in [-0.1, -0.05) is 0 Å². The minimum absolute atomic E-state index is 0.100. The molecule has 5 nitrogen and oxygen atoms in total. The number of anilines is 1. The summed E-state index contributed by atoms with van der Waals surface area (Å²) in [7, 11) is 0. The third-order valence-electron chi connectivity index (χ3n) is 5.66. The maximum Gasteiger partial charge on any atom is 0.316 e. The normalized spacial score (nSPS) is 25.3. The molecule has 2 heterocycles. The highest BCUT2D eigenvalue weighted by molar-refractivity contribution is 5.75. The Hall–Kier alpha value is -2.98. The molecular formula is C20H18F6N4O. The van der Waals surface area contributed by atoms with Crippen molar-refractivity contribution in [3.63, 3.8) is 0 Å². The molecule has 4 rings (SSSR count). The van der Waals surface area contributed by atoms with E-state index in [2.05, 4.69) is 15.3 Å². The van der Waals surface area contributed by atoms with Gasteiger partial charge in [0, 0.05) is 11.3 Å². The number of alkyl halides is 4. The van der Waals surface area contributed by atoms with Crippen LogP contribution < -0.4 is 11.1 Å². The maximum absolute atomic E-state index is 15.5. The second-order valence-corrected chi connectivity index (χ2v) is 7.92. The lowest BCUT2D eigenvalue weighted by Crippen LogP contribution is -2.72. The molecule has 1 unspecified atom stereocenters. The summed E-state index contributed by atoms with van der Waals surface area (Å²) in [6, 6.07) is 5.29. The van der Waals surface area contributed by atoms with Gasteiger partial charge < -0.3 is 15.8 Å². The fourth-order valence-electron chi connectivity index (χ4n) is 4.04. The molecule has 1 spiro atoms. The van der Waals surface area contributed by atoms with E-state index in [9.17, 15) is 17.6 Å². The number of halogens is 6. The highest BCUT2D eigenvalue weighted by Gasteiger charge is 2.78. The molecule has 31 heavy (non-hydrogen) atoms. The summed E-state index contributed by atoms with van der Waals surface area (Å²) in [5.41, 5.74) is 0.553. The van der Waals surface area contributed by atoms with Gasteiger partial charge in [0.15, 0.2) is 11.1 Å². The van der Waals surface area contributed by atoms with Crippen molar-refractivity contribution in [2.75, 3.05) is 5.32 Å². The van der Waals surface area contributed by atoms with E-state index in [1.807, 2.05) is 0 Å². The zero-order chi connectivity index (χ0) is 22.7. The van der Waals surface area contributed by atoms with E-state index in [0.29, 0.717) is 5.69 Å². The summed E-state index contributed by atoms with van der Waals surface area (Å²) in [4.78, 5) is 7.51. The molecule has 0 saturated heterocycles. The zero-order valence-electron chi connectivity index (χ0n) is 16.2. The van der Waals surface area contributed by atoms with E-state index < -0.39 is 59.0 Å². The van der Waals surface area contributed by atoms with Crippen LogP contribution in [-0.2, 0) is 16.8 Å². The molecule has 1 fully saturated rings. The Balaban J connectivity index is 1.68.